The Hall–Kier alpha value is -2.34. The molecule has 4 rings (SSSR count). The highest BCUT2D eigenvalue weighted by Gasteiger charge is 2.39. The SMILES string of the molecule is CS(=O)(=O)c1ccc(OC2CCN(C3CCCc4ccccc43)C2=O)cc1. The zero-order valence-corrected chi connectivity index (χ0v) is 16.1. The van der Waals surface area contributed by atoms with Crippen LogP contribution in [-0.2, 0) is 21.1 Å². The third-order valence-corrected chi connectivity index (χ3v) is 6.56. The molecule has 0 saturated carbocycles. The molecule has 1 amide bonds. The molecule has 0 aromatic heterocycles. The maximum Gasteiger partial charge on any atom is 0.264 e. The second-order valence-corrected chi connectivity index (χ2v) is 9.29. The number of sulfone groups is 1. The highest BCUT2D eigenvalue weighted by atomic mass is 32.2. The molecule has 27 heavy (non-hydrogen) atoms. The predicted molar refractivity (Wildman–Crippen MR) is 102 cm³/mol. The first kappa shape index (κ1) is 18.0. The molecule has 2 aromatic rings. The van der Waals surface area contributed by atoms with Crippen LogP contribution in [0.1, 0.15) is 36.4 Å². The number of fused-ring (bicyclic) bond motifs is 1. The Kier molecular flexibility index (Phi) is 4.68. The summed E-state index contributed by atoms with van der Waals surface area (Å²) in [5.41, 5.74) is 2.59. The number of likely N-dealkylation sites (tertiary alicyclic amines) is 1. The van der Waals surface area contributed by atoms with Crippen molar-refractivity contribution in [3.63, 3.8) is 0 Å². The largest absolute Gasteiger partial charge is 0.481 e. The third kappa shape index (κ3) is 3.58. The fourth-order valence-electron chi connectivity index (χ4n) is 4.08. The van der Waals surface area contributed by atoms with E-state index in [1.165, 1.54) is 29.5 Å². The fourth-order valence-corrected chi connectivity index (χ4v) is 4.71. The topological polar surface area (TPSA) is 63.7 Å². The van der Waals surface area contributed by atoms with E-state index in [1.807, 2.05) is 11.0 Å². The lowest BCUT2D eigenvalue weighted by Gasteiger charge is -2.33. The van der Waals surface area contributed by atoms with Crippen LogP contribution < -0.4 is 4.74 Å². The maximum absolute atomic E-state index is 13.0. The van der Waals surface area contributed by atoms with E-state index in [2.05, 4.69) is 18.2 Å². The Morgan fingerprint density at radius 1 is 1.04 bits per heavy atom. The van der Waals surface area contributed by atoms with Crippen molar-refractivity contribution >= 4 is 15.7 Å². The van der Waals surface area contributed by atoms with Gasteiger partial charge < -0.3 is 9.64 Å². The van der Waals surface area contributed by atoms with Crippen LogP contribution in [0.4, 0.5) is 0 Å². The quantitative estimate of drug-likeness (QED) is 0.811. The van der Waals surface area contributed by atoms with Gasteiger partial charge in [-0.2, -0.15) is 0 Å². The Morgan fingerprint density at radius 2 is 1.78 bits per heavy atom. The highest BCUT2D eigenvalue weighted by molar-refractivity contribution is 7.90. The minimum Gasteiger partial charge on any atom is -0.481 e. The first-order chi connectivity index (χ1) is 12.9. The molecule has 0 spiro atoms. The van der Waals surface area contributed by atoms with Crippen molar-refractivity contribution in [2.75, 3.05) is 12.8 Å². The number of aryl methyl sites for hydroxylation is 1. The van der Waals surface area contributed by atoms with Gasteiger partial charge in [-0.05, 0) is 54.7 Å². The van der Waals surface area contributed by atoms with E-state index < -0.39 is 15.9 Å². The Labute approximate surface area is 159 Å². The smallest absolute Gasteiger partial charge is 0.264 e. The summed E-state index contributed by atoms with van der Waals surface area (Å²) < 4.78 is 29.0. The minimum atomic E-state index is -3.24. The van der Waals surface area contributed by atoms with Crippen molar-refractivity contribution in [2.45, 2.75) is 42.7 Å². The van der Waals surface area contributed by atoms with Crippen LogP contribution >= 0.6 is 0 Å². The van der Waals surface area contributed by atoms with Crippen LogP contribution in [0.3, 0.4) is 0 Å². The second-order valence-electron chi connectivity index (χ2n) is 7.28. The van der Waals surface area contributed by atoms with Gasteiger partial charge >= 0.3 is 0 Å². The van der Waals surface area contributed by atoms with Gasteiger partial charge in [-0.25, -0.2) is 8.42 Å². The van der Waals surface area contributed by atoms with E-state index in [0.29, 0.717) is 18.7 Å². The number of hydrogen-bond donors (Lipinski definition) is 0. The van der Waals surface area contributed by atoms with Gasteiger partial charge in [-0.1, -0.05) is 24.3 Å². The van der Waals surface area contributed by atoms with Gasteiger partial charge in [0.1, 0.15) is 5.75 Å². The van der Waals surface area contributed by atoms with Crippen molar-refractivity contribution in [1.82, 2.24) is 4.90 Å². The van der Waals surface area contributed by atoms with E-state index in [-0.39, 0.29) is 16.8 Å². The molecule has 2 unspecified atom stereocenters. The predicted octanol–water partition coefficient (Wildman–Crippen LogP) is 3.15. The molecule has 1 aliphatic carbocycles. The summed E-state index contributed by atoms with van der Waals surface area (Å²) in [7, 11) is -3.24. The minimum absolute atomic E-state index is 0.0175. The molecule has 1 fully saturated rings. The summed E-state index contributed by atoms with van der Waals surface area (Å²) in [6.45, 7) is 0.684. The number of nitrogens with zero attached hydrogens (tertiary/aromatic N) is 1. The first-order valence-electron chi connectivity index (χ1n) is 9.28. The molecule has 1 aliphatic heterocycles. The lowest BCUT2D eigenvalue weighted by Crippen LogP contribution is -2.36. The lowest BCUT2D eigenvalue weighted by molar-refractivity contribution is -0.135. The number of ether oxygens (including phenoxy) is 1. The fraction of sp³-hybridized carbons (Fsp3) is 0.381. The van der Waals surface area contributed by atoms with Crippen LogP contribution in [0.25, 0.3) is 0 Å². The third-order valence-electron chi connectivity index (χ3n) is 5.43. The van der Waals surface area contributed by atoms with Crippen LogP contribution in [-0.4, -0.2) is 38.1 Å². The maximum atomic E-state index is 13.0. The van der Waals surface area contributed by atoms with Gasteiger partial charge in [0, 0.05) is 19.2 Å². The monoisotopic (exact) mass is 385 g/mol. The second kappa shape index (κ2) is 7.00. The van der Waals surface area contributed by atoms with Gasteiger partial charge in [0.15, 0.2) is 15.9 Å². The number of rotatable bonds is 4. The van der Waals surface area contributed by atoms with E-state index in [4.69, 9.17) is 4.74 Å². The Morgan fingerprint density at radius 3 is 2.52 bits per heavy atom. The van der Waals surface area contributed by atoms with Crippen LogP contribution in [0.5, 0.6) is 5.75 Å². The molecule has 2 aliphatic rings. The first-order valence-corrected chi connectivity index (χ1v) is 11.2. The standard InChI is InChI=1S/C21H23NO4S/c1-27(24,25)17-11-9-16(10-12-17)26-20-13-14-22(21(20)23)19-8-4-6-15-5-2-3-7-18(15)19/h2-3,5,7,9-12,19-20H,4,6,8,13-14H2,1H3. The average Bonchev–Trinajstić information content (AvgIpc) is 3.01. The van der Waals surface area contributed by atoms with E-state index in [9.17, 15) is 13.2 Å². The lowest BCUT2D eigenvalue weighted by atomic mass is 9.87. The molecule has 0 radical (unpaired) electrons. The molecule has 5 nitrogen and oxygen atoms in total. The molecule has 2 atom stereocenters. The summed E-state index contributed by atoms with van der Waals surface area (Å²) >= 11 is 0. The Balaban J connectivity index is 1.48. The molecule has 6 heteroatoms. The molecule has 1 heterocycles. The van der Waals surface area contributed by atoms with E-state index in [0.717, 1.165) is 19.3 Å². The zero-order valence-electron chi connectivity index (χ0n) is 15.3. The van der Waals surface area contributed by atoms with Gasteiger partial charge in [0.25, 0.3) is 5.91 Å². The number of hydrogen-bond acceptors (Lipinski definition) is 4. The van der Waals surface area contributed by atoms with Gasteiger partial charge in [-0.15, -0.1) is 0 Å². The molecule has 1 saturated heterocycles. The van der Waals surface area contributed by atoms with Gasteiger partial charge in [0.05, 0.1) is 10.9 Å². The van der Waals surface area contributed by atoms with Crippen molar-refractivity contribution in [3.8, 4) is 5.75 Å². The number of benzene rings is 2. The normalized spacial score (nSPS) is 22.6. The van der Waals surface area contributed by atoms with Crippen molar-refractivity contribution in [2.24, 2.45) is 0 Å². The molecular weight excluding hydrogens is 362 g/mol. The Bertz CT molecular complexity index is 952. The summed E-state index contributed by atoms with van der Waals surface area (Å²) in [5, 5.41) is 0. The summed E-state index contributed by atoms with van der Waals surface area (Å²) in [5.74, 6) is 0.538. The molecule has 0 N–H and O–H groups in total. The van der Waals surface area contributed by atoms with Gasteiger partial charge in [-0.3, -0.25) is 4.79 Å². The van der Waals surface area contributed by atoms with Crippen molar-refractivity contribution < 1.29 is 17.9 Å². The highest BCUT2D eigenvalue weighted by Crippen LogP contribution is 2.37. The zero-order chi connectivity index (χ0) is 19.0. The van der Waals surface area contributed by atoms with Gasteiger partial charge in [0.2, 0.25) is 0 Å². The molecule has 2 aromatic carbocycles. The van der Waals surface area contributed by atoms with Crippen LogP contribution in [0, 0.1) is 0 Å². The molecule has 0 bridgehead atoms. The van der Waals surface area contributed by atoms with Crippen molar-refractivity contribution in [3.05, 3.63) is 59.7 Å². The number of carbonyl (C=O) groups is 1. The van der Waals surface area contributed by atoms with Crippen molar-refractivity contribution in [1.29, 1.82) is 0 Å². The summed E-state index contributed by atoms with van der Waals surface area (Å²) in [6, 6.07) is 14.8. The van der Waals surface area contributed by atoms with Crippen LogP contribution in [0.15, 0.2) is 53.4 Å². The van der Waals surface area contributed by atoms with E-state index >= 15 is 0 Å². The molecular formula is C21H23NO4S. The molecule has 142 valence electrons. The number of amides is 1. The number of carbonyl (C=O) groups excluding carboxylic acids is 1. The average molecular weight is 385 g/mol. The van der Waals surface area contributed by atoms with Crippen LogP contribution in [0.2, 0.25) is 0 Å². The summed E-state index contributed by atoms with van der Waals surface area (Å²) in [4.78, 5) is 15.1. The summed E-state index contributed by atoms with van der Waals surface area (Å²) in [6.07, 6.45) is 4.45. The van der Waals surface area contributed by atoms with E-state index in [1.54, 1.807) is 12.1 Å².